The highest BCUT2D eigenvalue weighted by molar-refractivity contribution is 7.99. The Bertz CT molecular complexity index is 952. The number of primary amides is 1. The van der Waals surface area contributed by atoms with Crippen molar-refractivity contribution in [3.05, 3.63) is 53.8 Å². The van der Waals surface area contributed by atoms with E-state index in [4.69, 9.17) is 10.2 Å². The molecule has 0 aliphatic heterocycles. The van der Waals surface area contributed by atoms with E-state index in [1.54, 1.807) is 30.5 Å². The summed E-state index contributed by atoms with van der Waals surface area (Å²) in [7, 11) is 0. The van der Waals surface area contributed by atoms with Crippen LogP contribution in [0.25, 0.3) is 11.6 Å². The number of carbonyl (C=O) groups is 2. The number of nitrogens with two attached hydrogens (primary N) is 1. The molecule has 1 aromatic carbocycles. The summed E-state index contributed by atoms with van der Waals surface area (Å²) in [5.74, 6) is 0.962. The predicted octanol–water partition coefficient (Wildman–Crippen LogP) is 2.11. The largest absolute Gasteiger partial charge is 0.461 e. The fourth-order valence-electron chi connectivity index (χ4n) is 2.68. The van der Waals surface area contributed by atoms with E-state index in [9.17, 15) is 9.59 Å². The normalized spacial score (nSPS) is 10.8. The molecular formula is C19H21N5O3S. The summed E-state index contributed by atoms with van der Waals surface area (Å²) < 4.78 is 7.29. The molecule has 0 spiro atoms. The molecule has 8 nitrogen and oxygen atoms in total. The maximum absolute atomic E-state index is 12.1. The number of nitrogens with zero attached hydrogens (tertiary/aromatic N) is 3. The van der Waals surface area contributed by atoms with Crippen molar-refractivity contribution in [1.29, 1.82) is 0 Å². The second-order valence-electron chi connectivity index (χ2n) is 5.98. The lowest BCUT2D eigenvalue weighted by Gasteiger charge is -2.07. The van der Waals surface area contributed by atoms with Gasteiger partial charge < -0.3 is 15.5 Å². The minimum absolute atomic E-state index is 0.0961. The Morgan fingerprint density at radius 1 is 1.25 bits per heavy atom. The molecule has 0 bridgehead atoms. The van der Waals surface area contributed by atoms with Crippen LogP contribution in [-0.2, 0) is 17.8 Å². The van der Waals surface area contributed by atoms with Crippen LogP contribution in [0.15, 0.2) is 52.2 Å². The molecule has 0 radical (unpaired) electrons. The van der Waals surface area contributed by atoms with Gasteiger partial charge >= 0.3 is 0 Å². The second-order valence-corrected chi connectivity index (χ2v) is 6.92. The average molecular weight is 399 g/mol. The highest BCUT2D eigenvalue weighted by atomic mass is 32.2. The summed E-state index contributed by atoms with van der Waals surface area (Å²) in [6.07, 6.45) is 2.20. The van der Waals surface area contributed by atoms with Crippen LogP contribution in [0.2, 0.25) is 0 Å². The van der Waals surface area contributed by atoms with Crippen molar-refractivity contribution >= 4 is 23.6 Å². The number of nitrogens with one attached hydrogen (secondary N) is 1. The van der Waals surface area contributed by atoms with E-state index >= 15 is 0 Å². The fraction of sp³-hybridized carbons (Fsp3) is 0.263. The van der Waals surface area contributed by atoms with Gasteiger partial charge in [-0.3, -0.25) is 14.2 Å². The van der Waals surface area contributed by atoms with E-state index < -0.39 is 5.91 Å². The van der Waals surface area contributed by atoms with Gasteiger partial charge in [-0.15, -0.1) is 10.2 Å². The van der Waals surface area contributed by atoms with Gasteiger partial charge in [-0.2, -0.15) is 0 Å². The van der Waals surface area contributed by atoms with Crippen LogP contribution < -0.4 is 11.1 Å². The maximum atomic E-state index is 12.1. The van der Waals surface area contributed by atoms with E-state index in [2.05, 4.69) is 15.5 Å². The van der Waals surface area contributed by atoms with Gasteiger partial charge in [0.1, 0.15) is 0 Å². The van der Waals surface area contributed by atoms with Gasteiger partial charge in [0.2, 0.25) is 11.8 Å². The molecule has 0 atom stereocenters. The summed E-state index contributed by atoms with van der Waals surface area (Å²) in [4.78, 5) is 23.3. The molecular weight excluding hydrogens is 378 g/mol. The lowest BCUT2D eigenvalue weighted by Crippen LogP contribution is -2.27. The molecule has 28 heavy (non-hydrogen) atoms. The summed E-state index contributed by atoms with van der Waals surface area (Å²) >= 11 is 1.32. The van der Waals surface area contributed by atoms with Gasteiger partial charge in [-0.1, -0.05) is 23.9 Å². The summed E-state index contributed by atoms with van der Waals surface area (Å²) in [5.41, 5.74) is 6.69. The molecule has 9 heteroatoms. The number of furan rings is 1. The number of amides is 2. The van der Waals surface area contributed by atoms with Crippen LogP contribution in [0.1, 0.15) is 22.8 Å². The highest BCUT2D eigenvalue weighted by Gasteiger charge is 2.16. The third kappa shape index (κ3) is 4.80. The minimum atomic E-state index is -0.462. The number of carbonyl (C=O) groups excluding carboxylic acids is 2. The number of aromatic nitrogens is 3. The standard InChI is InChI=1S/C19H21N5O3S/c1-2-24-18(15-7-4-10-27-15)22-23-19(24)28-12-16(25)21-9-8-13-5-3-6-14(11-13)17(20)26/h3-7,10-11H,2,8-9,12H2,1H3,(H2,20,26)(H,21,25). The van der Waals surface area contributed by atoms with E-state index in [-0.39, 0.29) is 11.7 Å². The molecule has 0 saturated carbocycles. The van der Waals surface area contributed by atoms with Crippen molar-refractivity contribution in [3.63, 3.8) is 0 Å². The number of thioether (sulfide) groups is 1. The first-order chi connectivity index (χ1) is 13.6. The first kappa shape index (κ1) is 19.7. The molecule has 146 valence electrons. The van der Waals surface area contributed by atoms with Crippen molar-refractivity contribution in [2.24, 2.45) is 5.73 Å². The van der Waals surface area contributed by atoms with Gasteiger partial charge in [0.25, 0.3) is 0 Å². The van der Waals surface area contributed by atoms with E-state index in [1.807, 2.05) is 23.6 Å². The first-order valence-electron chi connectivity index (χ1n) is 8.83. The van der Waals surface area contributed by atoms with Gasteiger partial charge in [0.05, 0.1) is 12.0 Å². The summed E-state index contributed by atoms with van der Waals surface area (Å²) in [6, 6.07) is 10.7. The van der Waals surface area contributed by atoms with Crippen LogP contribution in [-0.4, -0.2) is 38.9 Å². The number of benzene rings is 1. The zero-order chi connectivity index (χ0) is 19.9. The monoisotopic (exact) mass is 399 g/mol. The lowest BCUT2D eigenvalue weighted by atomic mass is 10.1. The number of hydrogen-bond acceptors (Lipinski definition) is 6. The van der Waals surface area contributed by atoms with Gasteiger partial charge in [-0.25, -0.2) is 0 Å². The van der Waals surface area contributed by atoms with Gasteiger partial charge in [-0.05, 0) is 43.2 Å². The van der Waals surface area contributed by atoms with E-state index in [1.165, 1.54) is 11.8 Å². The van der Waals surface area contributed by atoms with Crippen molar-refractivity contribution in [2.75, 3.05) is 12.3 Å². The topological polar surface area (TPSA) is 116 Å². The third-order valence-electron chi connectivity index (χ3n) is 4.05. The van der Waals surface area contributed by atoms with Crippen molar-refractivity contribution in [2.45, 2.75) is 25.0 Å². The molecule has 2 amide bonds. The molecule has 3 N–H and O–H groups in total. The quantitative estimate of drug-likeness (QED) is 0.532. The molecule has 0 fully saturated rings. The minimum Gasteiger partial charge on any atom is -0.461 e. The SMILES string of the molecule is CCn1c(SCC(=O)NCCc2cccc(C(N)=O)c2)nnc1-c1ccco1. The van der Waals surface area contributed by atoms with Crippen LogP contribution in [0.5, 0.6) is 0 Å². The Labute approximate surface area is 166 Å². The zero-order valence-electron chi connectivity index (χ0n) is 15.4. The molecule has 3 rings (SSSR count). The van der Waals surface area contributed by atoms with Gasteiger partial charge in [0.15, 0.2) is 16.7 Å². The van der Waals surface area contributed by atoms with Crippen LogP contribution in [0.3, 0.4) is 0 Å². The average Bonchev–Trinajstić information content (AvgIpc) is 3.35. The van der Waals surface area contributed by atoms with Crippen LogP contribution >= 0.6 is 11.8 Å². The Kier molecular flexibility index (Phi) is 6.49. The third-order valence-corrected chi connectivity index (χ3v) is 5.02. The lowest BCUT2D eigenvalue weighted by molar-refractivity contribution is -0.118. The smallest absolute Gasteiger partial charge is 0.248 e. The predicted molar refractivity (Wildman–Crippen MR) is 106 cm³/mol. The van der Waals surface area contributed by atoms with Crippen LogP contribution in [0.4, 0.5) is 0 Å². The summed E-state index contributed by atoms with van der Waals surface area (Å²) in [5, 5.41) is 11.9. The summed E-state index contributed by atoms with van der Waals surface area (Å²) in [6.45, 7) is 3.13. The zero-order valence-corrected chi connectivity index (χ0v) is 16.2. The van der Waals surface area contributed by atoms with E-state index in [0.717, 1.165) is 5.56 Å². The molecule has 2 aromatic heterocycles. The van der Waals surface area contributed by atoms with Crippen molar-refractivity contribution in [3.8, 4) is 11.6 Å². The second kappa shape index (κ2) is 9.23. The Morgan fingerprint density at radius 3 is 2.82 bits per heavy atom. The fourth-order valence-corrected chi connectivity index (χ4v) is 3.51. The Balaban J connectivity index is 1.50. The molecule has 0 saturated heterocycles. The molecule has 3 aromatic rings. The molecule has 0 aliphatic carbocycles. The van der Waals surface area contributed by atoms with Crippen LogP contribution in [0, 0.1) is 0 Å². The van der Waals surface area contributed by atoms with Crippen molar-refractivity contribution < 1.29 is 14.0 Å². The number of rotatable bonds is 9. The first-order valence-corrected chi connectivity index (χ1v) is 9.82. The maximum Gasteiger partial charge on any atom is 0.248 e. The van der Waals surface area contributed by atoms with E-state index in [0.29, 0.717) is 41.8 Å². The number of hydrogen-bond donors (Lipinski definition) is 2. The Hall–Kier alpha value is -3.07. The Morgan fingerprint density at radius 2 is 2.11 bits per heavy atom. The molecule has 2 heterocycles. The van der Waals surface area contributed by atoms with Gasteiger partial charge in [0, 0.05) is 18.7 Å². The molecule has 0 unspecified atom stereocenters. The van der Waals surface area contributed by atoms with Crippen molar-refractivity contribution in [1.82, 2.24) is 20.1 Å². The highest BCUT2D eigenvalue weighted by Crippen LogP contribution is 2.24. The molecule has 0 aliphatic rings.